The van der Waals surface area contributed by atoms with Crippen molar-refractivity contribution in [1.82, 2.24) is 0 Å². The zero-order valence-corrected chi connectivity index (χ0v) is 11.0. The average Bonchev–Trinajstić information content (AvgIpc) is 2.42. The van der Waals surface area contributed by atoms with E-state index in [0.29, 0.717) is 28.5 Å². The summed E-state index contributed by atoms with van der Waals surface area (Å²) >= 11 is 5.82. The standard InChI is InChI=1S/C16H12ClNO/c1-2-3-12-10-16(7-4-13(12)11-18)19-15-8-5-14(17)6-9-15/h2,4-10H,1,3H2. The fourth-order valence-electron chi connectivity index (χ4n) is 1.71. The van der Waals surface area contributed by atoms with Gasteiger partial charge in [-0.2, -0.15) is 5.26 Å². The van der Waals surface area contributed by atoms with E-state index in [1.54, 1.807) is 42.5 Å². The predicted molar refractivity (Wildman–Crippen MR) is 76.6 cm³/mol. The third-order valence-corrected chi connectivity index (χ3v) is 2.86. The van der Waals surface area contributed by atoms with Gasteiger partial charge in [-0.25, -0.2) is 0 Å². The number of hydrogen-bond acceptors (Lipinski definition) is 2. The Bertz CT molecular complexity index is 626. The van der Waals surface area contributed by atoms with E-state index in [-0.39, 0.29) is 0 Å². The minimum atomic E-state index is 0.640. The number of benzene rings is 2. The fourth-order valence-corrected chi connectivity index (χ4v) is 1.83. The highest BCUT2D eigenvalue weighted by Gasteiger charge is 2.04. The van der Waals surface area contributed by atoms with Crippen molar-refractivity contribution in [2.75, 3.05) is 0 Å². The van der Waals surface area contributed by atoms with Gasteiger partial charge in [0.2, 0.25) is 0 Å². The summed E-state index contributed by atoms with van der Waals surface area (Å²) in [5, 5.41) is 9.68. The molecule has 0 aliphatic carbocycles. The molecule has 0 atom stereocenters. The maximum absolute atomic E-state index is 9.02. The van der Waals surface area contributed by atoms with Crippen LogP contribution in [-0.2, 0) is 6.42 Å². The van der Waals surface area contributed by atoms with Crippen LogP contribution in [0, 0.1) is 11.3 Å². The van der Waals surface area contributed by atoms with Crippen LogP contribution in [0.4, 0.5) is 0 Å². The Morgan fingerprint density at radius 3 is 2.47 bits per heavy atom. The van der Waals surface area contributed by atoms with Gasteiger partial charge >= 0.3 is 0 Å². The highest BCUT2D eigenvalue weighted by Crippen LogP contribution is 2.25. The van der Waals surface area contributed by atoms with Crippen molar-refractivity contribution in [2.45, 2.75) is 6.42 Å². The first-order valence-electron chi connectivity index (χ1n) is 5.80. The zero-order chi connectivity index (χ0) is 13.7. The zero-order valence-electron chi connectivity index (χ0n) is 10.3. The van der Waals surface area contributed by atoms with Gasteiger partial charge in [-0.1, -0.05) is 17.7 Å². The largest absolute Gasteiger partial charge is 0.457 e. The number of nitrogens with zero attached hydrogens (tertiary/aromatic N) is 1. The molecule has 2 nitrogen and oxygen atoms in total. The van der Waals surface area contributed by atoms with Crippen molar-refractivity contribution in [3.05, 3.63) is 71.3 Å². The molecule has 0 radical (unpaired) electrons. The van der Waals surface area contributed by atoms with E-state index in [2.05, 4.69) is 12.6 Å². The quantitative estimate of drug-likeness (QED) is 0.752. The summed E-state index contributed by atoms with van der Waals surface area (Å²) < 4.78 is 5.72. The molecule has 0 unspecified atom stereocenters. The van der Waals surface area contributed by atoms with E-state index in [1.807, 2.05) is 6.07 Å². The normalized spacial score (nSPS) is 9.68. The van der Waals surface area contributed by atoms with Crippen LogP contribution in [0.2, 0.25) is 5.02 Å². The van der Waals surface area contributed by atoms with Crippen LogP contribution in [0.3, 0.4) is 0 Å². The minimum absolute atomic E-state index is 0.640. The number of halogens is 1. The van der Waals surface area contributed by atoms with Gasteiger partial charge in [-0.3, -0.25) is 0 Å². The Morgan fingerprint density at radius 2 is 1.84 bits per heavy atom. The lowest BCUT2D eigenvalue weighted by molar-refractivity contribution is 0.482. The van der Waals surface area contributed by atoms with E-state index >= 15 is 0 Å². The van der Waals surface area contributed by atoms with Crippen LogP contribution in [0.15, 0.2) is 55.1 Å². The second-order valence-corrected chi connectivity index (χ2v) is 4.42. The van der Waals surface area contributed by atoms with Gasteiger partial charge in [0.25, 0.3) is 0 Å². The van der Waals surface area contributed by atoms with Crippen LogP contribution < -0.4 is 4.74 Å². The Balaban J connectivity index is 2.26. The van der Waals surface area contributed by atoms with Crippen molar-refractivity contribution in [2.24, 2.45) is 0 Å². The molecule has 0 heterocycles. The molecule has 0 saturated carbocycles. The molecule has 0 spiro atoms. The maximum Gasteiger partial charge on any atom is 0.127 e. The number of ether oxygens (including phenoxy) is 1. The molecule has 2 aromatic carbocycles. The van der Waals surface area contributed by atoms with Crippen LogP contribution in [0.25, 0.3) is 0 Å². The van der Waals surface area contributed by atoms with E-state index in [1.165, 1.54) is 0 Å². The second-order valence-electron chi connectivity index (χ2n) is 3.98. The summed E-state index contributed by atoms with van der Waals surface area (Å²) in [6.07, 6.45) is 2.41. The van der Waals surface area contributed by atoms with Crippen molar-refractivity contribution < 1.29 is 4.74 Å². The summed E-state index contributed by atoms with van der Waals surface area (Å²) in [6.45, 7) is 3.69. The van der Waals surface area contributed by atoms with Gasteiger partial charge in [0.15, 0.2) is 0 Å². The molecule has 0 aliphatic heterocycles. The molecule has 2 aromatic rings. The molecule has 0 fully saturated rings. The first-order chi connectivity index (χ1) is 9.22. The van der Waals surface area contributed by atoms with E-state index in [0.717, 1.165) is 5.56 Å². The van der Waals surface area contributed by atoms with Crippen molar-refractivity contribution >= 4 is 11.6 Å². The summed E-state index contributed by atoms with van der Waals surface area (Å²) in [7, 11) is 0. The monoisotopic (exact) mass is 269 g/mol. The first kappa shape index (κ1) is 13.2. The summed E-state index contributed by atoms with van der Waals surface area (Å²) in [5.41, 5.74) is 1.55. The molecule has 0 aliphatic rings. The number of rotatable bonds is 4. The number of hydrogen-bond donors (Lipinski definition) is 0. The van der Waals surface area contributed by atoms with Crippen LogP contribution in [0.1, 0.15) is 11.1 Å². The third-order valence-electron chi connectivity index (χ3n) is 2.61. The van der Waals surface area contributed by atoms with Crippen LogP contribution >= 0.6 is 11.6 Å². The second kappa shape index (κ2) is 6.08. The Labute approximate surface area is 117 Å². The van der Waals surface area contributed by atoms with Crippen LogP contribution in [0.5, 0.6) is 11.5 Å². The molecule has 3 heteroatoms. The Morgan fingerprint density at radius 1 is 1.16 bits per heavy atom. The van der Waals surface area contributed by atoms with Crippen molar-refractivity contribution in [1.29, 1.82) is 5.26 Å². The van der Waals surface area contributed by atoms with E-state index < -0.39 is 0 Å². The smallest absolute Gasteiger partial charge is 0.127 e. The molecule has 0 N–H and O–H groups in total. The average molecular weight is 270 g/mol. The lowest BCUT2D eigenvalue weighted by atomic mass is 10.1. The molecule has 94 valence electrons. The molecule has 2 rings (SSSR count). The van der Waals surface area contributed by atoms with Crippen molar-refractivity contribution in [3.8, 4) is 17.6 Å². The Kier molecular flexibility index (Phi) is 4.22. The van der Waals surface area contributed by atoms with Gasteiger partial charge in [0.1, 0.15) is 11.5 Å². The topological polar surface area (TPSA) is 33.0 Å². The van der Waals surface area contributed by atoms with E-state index in [4.69, 9.17) is 21.6 Å². The molecule has 0 aromatic heterocycles. The lowest BCUT2D eigenvalue weighted by Gasteiger charge is -2.08. The van der Waals surface area contributed by atoms with Gasteiger partial charge in [-0.15, -0.1) is 6.58 Å². The molecular formula is C16H12ClNO. The minimum Gasteiger partial charge on any atom is -0.457 e. The summed E-state index contributed by atoms with van der Waals surface area (Å²) in [5.74, 6) is 1.40. The first-order valence-corrected chi connectivity index (χ1v) is 6.18. The van der Waals surface area contributed by atoms with Crippen LogP contribution in [-0.4, -0.2) is 0 Å². The molecule has 0 amide bonds. The number of allylic oxidation sites excluding steroid dienone is 1. The summed E-state index contributed by atoms with van der Waals surface area (Å²) in [4.78, 5) is 0. The van der Waals surface area contributed by atoms with Gasteiger partial charge in [0, 0.05) is 5.02 Å². The highest BCUT2D eigenvalue weighted by molar-refractivity contribution is 6.30. The molecular weight excluding hydrogens is 258 g/mol. The molecule has 0 bridgehead atoms. The Hall–Kier alpha value is -2.24. The molecule has 0 saturated heterocycles. The van der Waals surface area contributed by atoms with Gasteiger partial charge in [-0.05, 0) is 54.4 Å². The molecule has 19 heavy (non-hydrogen) atoms. The fraction of sp³-hybridized carbons (Fsp3) is 0.0625. The third kappa shape index (κ3) is 3.37. The highest BCUT2D eigenvalue weighted by atomic mass is 35.5. The van der Waals surface area contributed by atoms with Crippen molar-refractivity contribution in [3.63, 3.8) is 0 Å². The van der Waals surface area contributed by atoms with E-state index in [9.17, 15) is 0 Å². The SMILES string of the molecule is C=CCc1cc(Oc2ccc(Cl)cc2)ccc1C#N. The predicted octanol–water partition coefficient (Wildman–Crippen LogP) is 4.73. The lowest BCUT2D eigenvalue weighted by Crippen LogP contribution is -1.91. The van der Waals surface area contributed by atoms with Gasteiger partial charge in [0.05, 0.1) is 11.6 Å². The summed E-state index contributed by atoms with van der Waals surface area (Å²) in [6, 6.07) is 14.7. The van der Waals surface area contributed by atoms with Gasteiger partial charge < -0.3 is 4.74 Å². The number of nitriles is 1. The maximum atomic E-state index is 9.02.